The van der Waals surface area contributed by atoms with E-state index < -0.39 is 29.7 Å². The second kappa shape index (κ2) is 15.4. The lowest BCUT2D eigenvalue weighted by molar-refractivity contribution is -0.137. The first-order valence-electron chi connectivity index (χ1n) is 15.3. The maximum atomic E-state index is 14.1. The van der Waals surface area contributed by atoms with Crippen molar-refractivity contribution in [1.29, 1.82) is 0 Å². The van der Waals surface area contributed by atoms with E-state index >= 15 is 0 Å². The van der Waals surface area contributed by atoms with Crippen molar-refractivity contribution < 1.29 is 24.2 Å². The van der Waals surface area contributed by atoms with Crippen molar-refractivity contribution in [3.05, 3.63) is 108 Å². The number of carboxylic acid groups (broad SMARTS) is 1. The van der Waals surface area contributed by atoms with Crippen LogP contribution in [0, 0.1) is 0 Å². The summed E-state index contributed by atoms with van der Waals surface area (Å²) in [4.78, 5) is 46.0. The smallest absolute Gasteiger partial charge is 0.411 e. The van der Waals surface area contributed by atoms with Crippen LogP contribution in [-0.2, 0) is 33.7 Å². The van der Waals surface area contributed by atoms with Gasteiger partial charge in [-0.3, -0.25) is 14.5 Å². The summed E-state index contributed by atoms with van der Waals surface area (Å²) in [6, 6.07) is 26.0. The molecule has 0 unspecified atom stereocenters. The Kier molecular flexibility index (Phi) is 11.4. The Hall–Kier alpha value is -4.63. The SMILES string of the molecule is CN(Cc1ccccc1)C(=O)[C@H](Cc1ccccc1)N(CCN[C@@H](CC(=O)O)Cc1c[nH]c2ccccc12)C(=O)OC(C)(C)C. The summed E-state index contributed by atoms with van der Waals surface area (Å²) in [5.74, 6) is -1.13. The summed E-state index contributed by atoms with van der Waals surface area (Å²) in [6.45, 7) is 6.17. The first-order chi connectivity index (χ1) is 21.5. The second-order valence-corrected chi connectivity index (χ2v) is 12.4. The molecule has 0 saturated carbocycles. The topological polar surface area (TPSA) is 115 Å². The van der Waals surface area contributed by atoms with Crippen LogP contribution in [0.4, 0.5) is 4.79 Å². The van der Waals surface area contributed by atoms with Gasteiger partial charge in [-0.05, 0) is 49.9 Å². The number of fused-ring (bicyclic) bond motifs is 1. The van der Waals surface area contributed by atoms with E-state index in [0.717, 1.165) is 27.6 Å². The molecule has 2 atom stereocenters. The number of likely N-dealkylation sites (N-methyl/N-ethyl adjacent to an activating group) is 1. The molecule has 4 aromatic rings. The van der Waals surface area contributed by atoms with Crippen molar-refractivity contribution in [2.75, 3.05) is 20.1 Å². The highest BCUT2D eigenvalue weighted by Gasteiger charge is 2.35. The number of ether oxygens (including phenoxy) is 1. The van der Waals surface area contributed by atoms with E-state index in [9.17, 15) is 19.5 Å². The van der Waals surface area contributed by atoms with Crippen molar-refractivity contribution in [1.82, 2.24) is 20.1 Å². The third-order valence-corrected chi connectivity index (χ3v) is 7.55. The van der Waals surface area contributed by atoms with Crippen molar-refractivity contribution in [2.24, 2.45) is 0 Å². The predicted molar refractivity (Wildman–Crippen MR) is 176 cm³/mol. The van der Waals surface area contributed by atoms with E-state index in [1.54, 1.807) is 32.7 Å². The van der Waals surface area contributed by atoms with Crippen molar-refractivity contribution in [2.45, 2.75) is 64.3 Å². The molecule has 3 N–H and O–H groups in total. The third kappa shape index (κ3) is 9.94. The van der Waals surface area contributed by atoms with Gasteiger partial charge in [-0.25, -0.2) is 4.79 Å². The fourth-order valence-corrected chi connectivity index (χ4v) is 5.44. The van der Waals surface area contributed by atoms with Gasteiger partial charge in [0.15, 0.2) is 0 Å². The van der Waals surface area contributed by atoms with E-state index in [1.807, 2.05) is 91.1 Å². The van der Waals surface area contributed by atoms with E-state index in [0.29, 0.717) is 19.4 Å². The Labute approximate surface area is 265 Å². The number of aromatic nitrogens is 1. The number of para-hydroxylation sites is 1. The summed E-state index contributed by atoms with van der Waals surface area (Å²) >= 11 is 0. The lowest BCUT2D eigenvalue weighted by Crippen LogP contribution is -2.54. The molecule has 9 heteroatoms. The van der Waals surface area contributed by atoms with Crippen LogP contribution in [-0.4, -0.2) is 75.7 Å². The van der Waals surface area contributed by atoms with Crippen molar-refractivity contribution in [3.63, 3.8) is 0 Å². The van der Waals surface area contributed by atoms with Gasteiger partial charge in [-0.1, -0.05) is 78.9 Å². The molecule has 238 valence electrons. The van der Waals surface area contributed by atoms with Crippen LogP contribution in [0.15, 0.2) is 91.1 Å². The van der Waals surface area contributed by atoms with Crippen molar-refractivity contribution in [3.8, 4) is 0 Å². The van der Waals surface area contributed by atoms with Gasteiger partial charge in [0.1, 0.15) is 11.6 Å². The summed E-state index contributed by atoms with van der Waals surface area (Å²) in [5.41, 5.74) is 3.10. The van der Waals surface area contributed by atoms with Gasteiger partial charge in [0.25, 0.3) is 0 Å². The molecule has 0 aliphatic heterocycles. The molecule has 0 radical (unpaired) electrons. The molecule has 3 aromatic carbocycles. The number of amides is 2. The number of nitrogens with zero attached hydrogens (tertiary/aromatic N) is 2. The van der Waals surface area contributed by atoms with Gasteiger partial charge < -0.3 is 25.0 Å². The maximum Gasteiger partial charge on any atom is 0.411 e. The summed E-state index contributed by atoms with van der Waals surface area (Å²) < 4.78 is 5.81. The number of nitrogens with one attached hydrogen (secondary N) is 2. The molecular weight excluding hydrogens is 568 g/mol. The number of carbonyl (C=O) groups excluding carboxylic acids is 2. The van der Waals surface area contributed by atoms with Crippen LogP contribution >= 0.6 is 0 Å². The molecule has 0 aliphatic rings. The number of H-pyrrole nitrogens is 1. The first kappa shape index (κ1) is 33.3. The van der Waals surface area contributed by atoms with E-state index in [2.05, 4.69) is 10.3 Å². The molecule has 0 bridgehead atoms. The first-order valence-corrected chi connectivity index (χ1v) is 15.3. The molecule has 0 aliphatic carbocycles. The largest absolute Gasteiger partial charge is 0.481 e. The van der Waals surface area contributed by atoms with Crippen LogP contribution in [0.5, 0.6) is 0 Å². The number of aromatic amines is 1. The zero-order chi connectivity index (χ0) is 32.4. The Morgan fingerprint density at radius 3 is 2.16 bits per heavy atom. The maximum absolute atomic E-state index is 14.1. The van der Waals surface area contributed by atoms with Crippen LogP contribution < -0.4 is 5.32 Å². The van der Waals surface area contributed by atoms with Gasteiger partial charge >= 0.3 is 12.1 Å². The quantitative estimate of drug-likeness (QED) is 0.170. The van der Waals surface area contributed by atoms with Crippen LogP contribution in [0.2, 0.25) is 0 Å². The highest BCUT2D eigenvalue weighted by atomic mass is 16.6. The molecule has 0 fully saturated rings. The lowest BCUT2D eigenvalue weighted by Gasteiger charge is -2.35. The molecule has 0 saturated heterocycles. The highest BCUT2D eigenvalue weighted by molar-refractivity contribution is 5.86. The molecule has 0 spiro atoms. The molecule has 4 rings (SSSR count). The van der Waals surface area contributed by atoms with Gasteiger partial charge in [0, 0.05) is 56.2 Å². The van der Waals surface area contributed by atoms with Crippen LogP contribution in [0.1, 0.15) is 43.9 Å². The van der Waals surface area contributed by atoms with Gasteiger partial charge in [-0.15, -0.1) is 0 Å². The van der Waals surface area contributed by atoms with Crippen molar-refractivity contribution >= 4 is 28.9 Å². The predicted octanol–water partition coefficient (Wildman–Crippen LogP) is 5.65. The minimum absolute atomic E-state index is 0.0991. The summed E-state index contributed by atoms with van der Waals surface area (Å²) in [6.07, 6.45) is 1.99. The monoisotopic (exact) mass is 612 g/mol. The molecule has 45 heavy (non-hydrogen) atoms. The fourth-order valence-electron chi connectivity index (χ4n) is 5.44. The number of hydrogen-bond acceptors (Lipinski definition) is 5. The zero-order valence-electron chi connectivity index (χ0n) is 26.5. The van der Waals surface area contributed by atoms with E-state index in [1.165, 1.54) is 4.90 Å². The fraction of sp³-hybridized carbons (Fsp3) is 0.361. The minimum atomic E-state index is -0.920. The standard InChI is InChI=1S/C36H44N4O5/c1-36(2,3)45-35(44)40(20-19-37-29(23-33(41)42)22-28-24-38-31-18-12-11-17-30(28)31)32(21-26-13-7-5-8-14-26)34(43)39(4)25-27-15-9-6-10-16-27/h5-18,24,29,32,37-38H,19-23,25H2,1-4H3,(H,41,42)/t29-,32+/m1/s1. The number of benzene rings is 3. The Bertz CT molecular complexity index is 1550. The van der Waals surface area contributed by atoms with Crippen LogP contribution in [0.3, 0.4) is 0 Å². The third-order valence-electron chi connectivity index (χ3n) is 7.55. The van der Waals surface area contributed by atoms with Gasteiger partial charge in [0.2, 0.25) is 5.91 Å². The molecular formula is C36H44N4O5. The number of aliphatic carboxylic acids is 1. The average Bonchev–Trinajstić information content (AvgIpc) is 3.40. The van der Waals surface area contributed by atoms with E-state index in [-0.39, 0.29) is 25.4 Å². The Morgan fingerprint density at radius 1 is 0.889 bits per heavy atom. The molecule has 1 heterocycles. The number of hydrogen-bond donors (Lipinski definition) is 3. The highest BCUT2D eigenvalue weighted by Crippen LogP contribution is 2.21. The molecule has 9 nitrogen and oxygen atoms in total. The summed E-state index contributed by atoms with van der Waals surface area (Å²) in [7, 11) is 1.74. The lowest BCUT2D eigenvalue weighted by atomic mass is 10.0. The van der Waals surface area contributed by atoms with Crippen LogP contribution in [0.25, 0.3) is 10.9 Å². The summed E-state index contributed by atoms with van der Waals surface area (Å²) in [5, 5.41) is 14.1. The number of carbonyl (C=O) groups is 3. The number of rotatable bonds is 14. The Balaban J connectivity index is 1.57. The molecule has 1 aromatic heterocycles. The minimum Gasteiger partial charge on any atom is -0.481 e. The normalized spacial score (nSPS) is 12.8. The molecule has 2 amide bonds. The average molecular weight is 613 g/mol. The second-order valence-electron chi connectivity index (χ2n) is 12.4. The van der Waals surface area contributed by atoms with Gasteiger partial charge in [0.05, 0.1) is 6.42 Å². The number of carboxylic acids is 1. The Morgan fingerprint density at radius 2 is 1.51 bits per heavy atom. The van der Waals surface area contributed by atoms with E-state index in [4.69, 9.17) is 4.74 Å². The zero-order valence-corrected chi connectivity index (χ0v) is 26.5. The van der Waals surface area contributed by atoms with Gasteiger partial charge in [-0.2, -0.15) is 0 Å².